The molecular formula is C14H17BrClN3O. The Morgan fingerprint density at radius 3 is 2.70 bits per heavy atom. The molecule has 6 heteroatoms. The van der Waals surface area contributed by atoms with Gasteiger partial charge >= 0.3 is 0 Å². The second kappa shape index (κ2) is 6.70. The maximum Gasteiger partial charge on any atom is 0.129 e. The molecule has 0 spiro atoms. The van der Waals surface area contributed by atoms with Crippen LogP contribution in [0, 0.1) is 0 Å². The Bertz CT molecular complexity index is 583. The summed E-state index contributed by atoms with van der Waals surface area (Å²) in [5.41, 5.74) is 2.78. The van der Waals surface area contributed by atoms with Gasteiger partial charge in [-0.2, -0.15) is 5.10 Å². The maximum atomic E-state index is 10.3. The summed E-state index contributed by atoms with van der Waals surface area (Å²) in [5.74, 6) is 0. The zero-order valence-corrected chi connectivity index (χ0v) is 13.8. The zero-order valence-electron chi connectivity index (χ0n) is 11.5. The molecule has 2 heterocycles. The van der Waals surface area contributed by atoms with E-state index in [2.05, 4.69) is 32.9 Å². The fourth-order valence-electron chi connectivity index (χ4n) is 2.10. The number of aliphatic hydroxyl groups is 1. The van der Waals surface area contributed by atoms with Crippen LogP contribution < -0.4 is 0 Å². The number of aliphatic hydroxyl groups excluding tert-OH is 1. The van der Waals surface area contributed by atoms with Crippen LogP contribution in [0.5, 0.6) is 0 Å². The number of aryl methyl sites for hydroxylation is 2. The molecule has 1 atom stereocenters. The van der Waals surface area contributed by atoms with Gasteiger partial charge in [0.2, 0.25) is 0 Å². The molecule has 0 bridgehead atoms. The van der Waals surface area contributed by atoms with Crippen molar-refractivity contribution in [1.29, 1.82) is 0 Å². The number of nitrogens with zero attached hydrogens (tertiary/aromatic N) is 3. The highest BCUT2D eigenvalue weighted by Crippen LogP contribution is 2.27. The highest BCUT2D eigenvalue weighted by molar-refractivity contribution is 9.10. The van der Waals surface area contributed by atoms with E-state index >= 15 is 0 Å². The van der Waals surface area contributed by atoms with Crippen molar-refractivity contribution in [2.24, 2.45) is 0 Å². The van der Waals surface area contributed by atoms with Crippen LogP contribution in [0.25, 0.3) is 0 Å². The van der Waals surface area contributed by atoms with Gasteiger partial charge < -0.3 is 5.11 Å². The van der Waals surface area contributed by atoms with Crippen molar-refractivity contribution < 1.29 is 5.11 Å². The molecule has 1 N–H and O–H groups in total. The number of hydrogen-bond acceptors (Lipinski definition) is 3. The summed E-state index contributed by atoms with van der Waals surface area (Å²) in [6.45, 7) is 4.88. The summed E-state index contributed by atoms with van der Waals surface area (Å²) >= 11 is 9.34. The summed E-state index contributed by atoms with van der Waals surface area (Å²) in [6.07, 6.45) is 2.33. The van der Waals surface area contributed by atoms with Gasteiger partial charge in [0.1, 0.15) is 5.15 Å². The second-order valence-electron chi connectivity index (χ2n) is 4.51. The van der Waals surface area contributed by atoms with Gasteiger partial charge in [0.15, 0.2) is 0 Å². The van der Waals surface area contributed by atoms with Crippen LogP contribution in [0.2, 0.25) is 5.15 Å². The lowest BCUT2D eigenvalue weighted by molar-refractivity contribution is 0.175. The van der Waals surface area contributed by atoms with Crippen molar-refractivity contribution in [3.05, 3.63) is 44.9 Å². The number of rotatable bonds is 5. The highest BCUT2D eigenvalue weighted by Gasteiger charge is 2.18. The van der Waals surface area contributed by atoms with E-state index in [0.717, 1.165) is 34.4 Å². The van der Waals surface area contributed by atoms with Crippen molar-refractivity contribution >= 4 is 27.5 Å². The molecule has 4 nitrogen and oxygen atoms in total. The van der Waals surface area contributed by atoms with Crippen LogP contribution in [0.4, 0.5) is 0 Å². The van der Waals surface area contributed by atoms with Gasteiger partial charge in [0, 0.05) is 19.2 Å². The average molecular weight is 359 g/mol. The SMILES string of the molecule is CCc1nn(CC)c(CC(O)c2ccc(Cl)nc2)c1Br. The van der Waals surface area contributed by atoms with Crippen LogP contribution >= 0.6 is 27.5 Å². The third-order valence-electron chi connectivity index (χ3n) is 3.22. The molecule has 0 saturated heterocycles. The van der Waals surface area contributed by atoms with E-state index in [-0.39, 0.29) is 0 Å². The Labute approximate surface area is 131 Å². The number of halogens is 2. The summed E-state index contributed by atoms with van der Waals surface area (Å²) in [7, 11) is 0. The molecule has 0 radical (unpaired) electrons. The minimum atomic E-state index is -0.622. The van der Waals surface area contributed by atoms with Crippen LogP contribution in [0.15, 0.2) is 22.8 Å². The first-order valence-electron chi connectivity index (χ1n) is 6.60. The average Bonchev–Trinajstić information content (AvgIpc) is 2.76. The molecule has 2 rings (SSSR count). The summed E-state index contributed by atoms with van der Waals surface area (Å²) < 4.78 is 2.91. The van der Waals surface area contributed by atoms with Crippen LogP contribution in [-0.2, 0) is 19.4 Å². The molecule has 0 aliphatic heterocycles. The Balaban J connectivity index is 2.25. The largest absolute Gasteiger partial charge is 0.388 e. The summed E-state index contributed by atoms with van der Waals surface area (Å²) in [6, 6.07) is 3.48. The minimum absolute atomic E-state index is 0.425. The Morgan fingerprint density at radius 2 is 2.15 bits per heavy atom. The zero-order chi connectivity index (χ0) is 14.7. The normalized spacial score (nSPS) is 12.7. The molecule has 0 aliphatic carbocycles. The molecule has 2 aromatic rings. The first-order valence-corrected chi connectivity index (χ1v) is 7.77. The molecule has 1 unspecified atom stereocenters. The van der Waals surface area contributed by atoms with Crippen LogP contribution in [-0.4, -0.2) is 19.9 Å². The van der Waals surface area contributed by atoms with Gasteiger partial charge in [0.05, 0.1) is 22.0 Å². The third kappa shape index (κ3) is 3.22. The Kier molecular flexibility index (Phi) is 5.18. The lowest BCUT2D eigenvalue weighted by Crippen LogP contribution is -2.09. The fourth-order valence-corrected chi connectivity index (χ4v) is 2.94. The highest BCUT2D eigenvalue weighted by atomic mass is 79.9. The smallest absolute Gasteiger partial charge is 0.129 e. The molecule has 0 aromatic carbocycles. The van der Waals surface area contributed by atoms with Gasteiger partial charge in [-0.05, 0) is 40.9 Å². The Hall–Kier alpha value is -0.910. The van der Waals surface area contributed by atoms with Crippen molar-refractivity contribution in [3.8, 4) is 0 Å². The maximum absolute atomic E-state index is 10.3. The summed E-state index contributed by atoms with van der Waals surface area (Å²) in [4.78, 5) is 4.00. The Morgan fingerprint density at radius 1 is 1.40 bits per heavy atom. The van der Waals surface area contributed by atoms with Crippen molar-refractivity contribution in [2.75, 3.05) is 0 Å². The first kappa shape index (κ1) is 15.5. The van der Waals surface area contributed by atoms with Crippen molar-refractivity contribution in [2.45, 2.75) is 39.3 Å². The molecule has 0 aliphatic rings. The van der Waals surface area contributed by atoms with Crippen LogP contribution in [0.3, 0.4) is 0 Å². The molecule has 0 amide bonds. The third-order valence-corrected chi connectivity index (χ3v) is 4.35. The first-order chi connectivity index (χ1) is 9.56. The van der Waals surface area contributed by atoms with E-state index in [0.29, 0.717) is 11.6 Å². The monoisotopic (exact) mass is 357 g/mol. The molecule has 108 valence electrons. The lowest BCUT2D eigenvalue weighted by atomic mass is 10.1. The van der Waals surface area contributed by atoms with E-state index in [9.17, 15) is 5.11 Å². The van der Waals surface area contributed by atoms with Gasteiger partial charge in [-0.1, -0.05) is 24.6 Å². The van der Waals surface area contributed by atoms with Gasteiger partial charge in [-0.3, -0.25) is 4.68 Å². The van der Waals surface area contributed by atoms with Crippen molar-refractivity contribution in [1.82, 2.24) is 14.8 Å². The summed E-state index contributed by atoms with van der Waals surface area (Å²) in [5, 5.41) is 15.3. The van der Waals surface area contributed by atoms with E-state index in [4.69, 9.17) is 11.6 Å². The topological polar surface area (TPSA) is 50.9 Å². The van der Waals surface area contributed by atoms with Gasteiger partial charge in [-0.15, -0.1) is 0 Å². The molecule has 0 saturated carbocycles. The predicted molar refractivity (Wildman–Crippen MR) is 82.9 cm³/mol. The number of hydrogen-bond donors (Lipinski definition) is 1. The number of aromatic nitrogens is 3. The fraction of sp³-hybridized carbons (Fsp3) is 0.429. The number of pyridine rings is 1. The van der Waals surface area contributed by atoms with Gasteiger partial charge in [0.25, 0.3) is 0 Å². The predicted octanol–water partition coefficient (Wildman–Crippen LogP) is 3.55. The van der Waals surface area contributed by atoms with Crippen LogP contribution in [0.1, 0.15) is 36.9 Å². The van der Waals surface area contributed by atoms with Gasteiger partial charge in [-0.25, -0.2) is 4.98 Å². The van der Waals surface area contributed by atoms with E-state index < -0.39 is 6.10 Å². The quantitative estimate of drug-likeness (QED) is 0.832. The molecule has 20 heavy (non-hydrogen) atoms. The van der Waals surface area contributed by atoms with E-state index in [1.165, 1.54) is 0 Å². The second-order valence-corrected chi connectivity index (χ2v) is 5.69. The molecule has 2 aromatic heterocycles. The van der Waals surface area contributed by atoms with Crippen molar-refractivity contribution in [3.63, 3.8) is 0 Å². The lowest BCUT2D eigenvalue weighted by Gasteiger charge is -2.12. The van der Waals surface area contributed by atoms with E-state index in [1.54, 1.807) is 18.3 Å². The standard InChI is InChI=1S/C14H17BrClN3O/c1-3-10-14(15)11(19(4-2)18-10)7-12(20)9-5-6-13(16)17-8-9/h5-6,8,12,20H,3-4,7H2,1-2H3. The van der Waals surface area contributed by atoms with E-state index in [1.807, 2.05) is 11.6 Å². The minimum Gasteiger partial charge on any atom is -0.388 e. The molecular weight excluding hydrogens is 342 g/mol. The molecule has 0 fully saturated rings.